The van der Waals surface area contributed by atoms with Crippen LogP contribution in [-0.2, 0) is 30.2 Å². The van der Waals surface area contributed by atoms with Crippen LogP contribution in [0.25, 0.3) is 0 Å². The third-order valence-corrected chi connectivity index (χ3v) is 5.18. The van der Waals surface area contributed by atoms with Crippen LogP contribution in [0, 0.1) is 0 Å². The lowest BCUT2D eigenvalue weighted by Crippen LogP contribution is -2.49. The predicted octanol–water partition coefficient (Wildman–Crippen LogP) is 2.27. The zero-order chi connectivity index (χ0) is 21.1. The molecule has 7 nitrogen and oxygen atoms in total. The van der Waals surface area contributed by atoms with Crippen LogP contribution in [0.1, 0.15) is 44.6 Å². The zero-order valence-corrected chi connectivity index (χ0v) is 17.5. The van der Waals surface area contributed by atoms with Gasteiger partial charge in [0.1, 0.15) is 19.0 Å². The molecule has 2 rings (SSSR count). The number of likely N-dealkylation sites (tertiary alicyclic amines) is 1. The molecule has 2 N–H and O–H groups in total. The minimum atomic E-state index is -0.754. The summed E-state index contributed by atoms with van der Waals surface area (Å²) in [6.07, 6.45) is 2.80. The molecule has 1 aliphatic rings. The second-order valence-electron chi connectivity index (χ2n) is 7.45. The van der Waals surface area contributed by atoms with Gasteiger partial charge in [-0.05, 0) is 24.8 Å². The predicted molar refractivity (Wildman–Crippen MR) is 110 cm³/mol. The fourth-order valence-electron chi connectivity index (χ4n) is 3.50. The SMILES string of the molecule is CCCC[C@H](OC(Cc1ccccc1)C(=O)N1CCC(OCOC)CC1)C(N)=O. The van der Waals surface area contributed by atoms with Crippen LogP contribution in [0.3, 0.4) is 0 Å². The van der Waals surface area contributed by atoms with Crippen LogP contribution in [0.15, 0.2) is 30.3 Å². The average Bonchev–Trinajstić information content (AvgIpc) is 2.74. The van der Waals surface area contributed by atoms with E-state index >= 15 is 0 Å². The van der Waals surface area contributed by atoms with Gasteiger partial charge in [-0.3, -0.25) is 9.59 Å². The Balaban J connectivity index is 2.05. The van der Waals surface area contributed by atoms with Gasteiger partial charge >= 0.3 is 0 Å². The maximum absolute atomic E-state index is 13.2. The number of hydrogen-bond donors (Lipinski definition) is 1. The van der Waals surface area contributed by atoms with Gasteiger partial charge in [-0.1, -0.05) is 50.1 Å². The van der Waals surface area contributed by atoms with Gasteiger partial charge in [-0.15, -0.1) is 0 Å². The molecule has 0 bridgehead atoms. The molecule has 2 amide bonds. The van der Waals surface area contributed by atoms with Crippen molar-refractivity contribution in [2.45, 2.75) is 63.8 Å². The number of piperidine rings is 1. The fraction of sp³-hybridized carbons (Fsp3) is 0.636. The van der Waals surface area contributed by atoms with E-state index in [2.05, 4.69) is 0 Å². The van der Waals surface area contributed by atoms with Gasteiger partial charge in [-0.2, -0.15) is 0 Å². The molecule has 1 aromatic carbocycles. The Labute approximate surface area is 173 Å². The lowest BCUT2D eigenvalue weighted by atomic mass is 10.0. The molecular formula is C22H34N2O5. The number of rotatable bonds is 12. The highest BCUT2D eigenvalue weighted by atomic mass is 16.7. The van der Waals surface area contributed by atoms with E-state index in [0.717, 1.165) is 31.2 Å². The van der Waals surface area contributed by atoms with E-state index < -0.39 is 18.1 Å². The quantitative estimate of drug-likeness (QED) is 0.538. The second kappa shape index (κ2) is 12.6. The molecule has 0 saturated carbocycles. The Morgan fingerprint density at radius 2 is 1.86 bits per heavy atom. The summed E-state index contributed by atoms with van der Waals surface area (Å²) in [5, 5.41) is 0. The third kappa shape index (κ3) is 7.76. The number of hydrogen-bond acceptors (Lipinski definition) is 5. The smallest absolute Gasteiger partial charge is 0.252 e. The third-order valence-electron chi connectivity index (χ3n) is 5.18. The molecule has 162 valence electrons. The standard InChI is InChI=1S/C22H34N2O5/c1-3-4-10-19(21(23)25)29-20(15-17-8-6-5-7-9-17)22(26)24-13-11-18(12-14-24)28-16-27-2/h5-9,18-20H,3-4,10-16H2,1-2H3,(H2,23,25)/t19-,20?/m0/s1. The molecule has 0 radical (unpaired) electrons. The minimum Gasteiger partial charge on any atom is -0.367 e. The highest BCUT2D eigenvalue weighted by Crippen LogP contribution is 2.19. The summed E-state index contributed by atoms with van der Waals surface area (Å²) < 4.78 is 16.6. The van der Waals surface area contributed by atoms with E-state index in [0.29, 0.717) is 25.9 Å². The van der Waals surface area contributed by atoms with Gasteiger partial charge in [0, 0.05) is 26.6 Å². The van der Waals surface area contributed by atoms with Crippen molar-refractivity contribution in [3.63, 3.8) is 0 Å². The lowest BCUT2D eigenvalue weighted by Gasteiger charge is -2.34. The second-order valence-corrected chi connectivity index (χ2v) is 7.45. The van der Waals surface area contributed by atoms with Crippen molar-refractivity contribution in [1.29, 1.82) is 0 Å². The molecule has 1 aliphatic heterocycles. The summed E-state index contributed by atoms with van der Waals surface area (Å²) in [6, 6.07) is 9.70. The first-order valence-corrected chi connectivity index (χ1v) is 10.4. The van der Waals surface area contributed by atoms with Crippen molar-refractivity contribution in [2.75, 3.05) is 27.0 Å². The average molecular weight is 407 g/mol. The maximum Gasteiger partial charge on any atom is 0.252 e. The van der Waals surface area contributed by atoms with Gasteiger partial charge in [0.25, 0.3) is 5.91 Å². The number of unbranched alkanes of at least 4 members (excludes halogenated alkanes) is 1. The molecule has 1 fully saturated rings. The molecule has 0 spiro atoms. The van der Waals surface area contributed by atoms with E-state index in [1.54, 1.807) is 12.0 Å². The highest BCUT2D eigenvalue weighted by molar-refractivity contribution is 5.83. The molecule has 1 heterocycles. The van der Waals surface area contributed by atoms with Crippen molar-refractivity contribution in [1.82, 2.24) is 4.90 Å². The van der Waals surface area contributed by atoms with E-state index in [1.807, 2.05) is 37.3 Å². The summed E-state index contributed by atoms with van der Waals surface area (Å²) in [6.45, 7) is 3.49. The maximum atomic E-state index is 13.2. The fourth-order valence-corrected chi connectivity index (χ4v) is 3.50. The van der Waals surface area contributed by atoms with Crippen LogP contribution in [-0.4, -0.2) is 62.0 Å². The van der Waals surface area contributed by atoms with Crippen molar-refractivity contribution in [3.05, 3.63) is 35.9 Å². The van der Waals surface area contributed by atoms with Gasteiger partial charge < -0.3 is 24.8 Å². The van der Waals surface area contributed by atoms with Crippen LogP contribution >= 0.6 is 0 Å². The first-order chi connectivity index (χ1) is 14.0. The summed E-state index contributed by atoms with van der Waals surface area (Å²) in [5.41, 5.74) is 6.53. The Hall–Kier alpha value is -1.96. The zero-order valence-electron chi connectivity index (χ0n) is 17.5. The molecule has 29 heavy (non-hydrogen) atoms. The first-order valence-electron chi connectivity index (χ1n) is 10.4. The van der Waals surface area contributed by atoms with Crippen molar-refractivity contribution < 1.29 is 23.8 Å². The molecule has 1 saturated heterocycles. The number of benzene rings is 1. The van der Waals surface area contributed by atoms with Gasteiger partial charge in [0.15, 0.2) is 0 Å². The van der Waals surface area contributed by atoms with E-state index in [1.165, 1.54) is 0 Å². The van der Waals surface area contributed by atoms with E-state index in [9.17, 15) is 9.59 Å². The van der Waals surface area contributed by atoms with Crippen LogP contribution in [0.2, 0.25) is 0 Å². The first kappa shape index (κ1) is 23.3. The Morgan fingerprint density at radius 3 is 2.45 bits per heavy atom. The molecule has 1 aromatic rings. The van der Waals surface area contributed by atoms with Crippen molar-refractivity contribution >= 4 is 11.8 Å². The van der Waals surface area contributed by atoms with Gasteiger partial charge in [0.2, 0.25) is 5.91 Å². The Kier molecular flexibility index (Phi) is 10.1. The number of carbonyl (C=O) groups excluding carboxylic acids is 2. The minimum absolute atomic E-state index is 0.0930. The number of nitrogens with two attached hydrogens (primary N) is 1. The normalized spacial score (nSPS) is 17.1. The molecule has 2 atom stereocenters. The largest absolute Gasteiger partial charge is 0.367 e. The number of methoxy groups -OCH3 is 1. The summed E-state index contributed by atoms with van der Waals surface area (Å²) in [4.78, 5) is 26.9. The Morgan fingerprint density at radius 1 is 1.17 bits per heavy atom. The summed E-state index contributed by atoms with van der Waals surface area (Å²) in [5.74, 6) is -0.613. The van der Waals surface area contributed by atoms with Gasteiger partial charge in [0.05, 0.1) is 6.10 Å². The Bertz CT molecular complexity index is 617. The summed E-state index contributed by atoms with van der Waals surface area (Å²) in [7, 11) is 1.60. The van der Waals surface area contributed by atoms with Crippen molar-refractivity contribution in [3.8, 4) is 0 Å². The van der Waals surface area contributed by atoms with Crippen LogP contribution in [0.4, 0.5) is 0 Å². The molecule has 1 unspecified atom stereocenters. The lowest BCUT2D eigenvalue weighted by molar-refractivity contribution is -0.155. The van der Waals surface area contributed by atoms with Crippen LogP contribution < -0.4 is 5.73 Å². The summed E-state index contributed by atoms with van der Waals surface area (Å²) >= 11 is 0. The molecule has 7 heteroatoms. The van der Waals surface area contributed by atoms with Crippen molar-refractivity contribution in [2.24, 2.45) is 5.73 Å². The number of ether oxygens (including phenoxy) is 3. The van der Waals surface area contributed by atoms with Gasteiger partial charge in [-0.25, -0.2) is 0 Å². The molecule has 0 aromatic heterocycles. The number of carbonyl (C=O) groups is 2. The monoisotopic (exact) mass is 406 g/mol. The number of nitrogens with zero attached hydrogens (tertiary/aromatic N) is 1. The molecule has 0 aliphatic carbocycles. The van der Waals surface area contributed by atoms with E-state index in [-0.39, 0.29) is 18.8 Å². The number of amides is 2. The molecular weight excluding hydrogens is 372 g/mol. The van der Waals surface area contributed by atoms with Crippen LogP contribution in [0.5, 0.6) is 0 Å². The van der Waals surface area contributed by atoms with E-state index in [4.69, 9.17) is 19.9 Å². The number of primary amides is 1. The highest BCUT2D eigenvalue weighted by Gasteiger charge is 2.32. The topological polar surface area (TPSA) is 91.1 Å².